The van der Waals surface area contributed by atoms with Crippen LogP contribution in [0, 0.1) is 6.92 Å². The molecule has 3 heterocycles. The molecule has 3 rings (SSSR count). The Hall–Kier alpha value is -1.67. The quantitative estimate of drug-likeness (QED) is 0.479. The summed E-state index contributed by atoms with van der Waals surface area (Å²) in [5, 5.41) is 8.47. The van der Waals surface area contributed by atoms with Gasteiger partial charge < -0.3 is 5.73 Å². The number of anilines is 1. The highest BCUT2D eigenvalue weighted by Crippen LogP contribution is 2.28. The Morgan fingerprint density at radius 1 is 1.04 bits per heavy atom. The number of hydrogen-bond acceptors (Lipinski definition) is 7. The maximum Gasteiger partial charge on any atom is 0.226 e. The van der Waals surface area contributed by atoms with Crippen LogP contribution in [0.25, 0.3) is 11.2 Å². The van der Waals surface area contributed by atoms with Crippen LogP contribution >= 0.6 is 27.7 Å². The van der Waals surface area contributed by atoms with Crippen molar-refractivity contribution < 1.29 is 4.63 Å². The molecule has 8 heteroatoms. The average molecular weight is 456 g/mol. The molecule has 0 aliphatic carbocycles. The van der Waals surface area contributed by atoms with Gasteiger partial charge in [-0.15, -0.1) is 11.8 Å². The van der Waals surface area contributed by atoms with E-state index in [4.69, 9.17) is 10.4 Å². The topological polar surface area (TPSA) is 90.7 Å². The van der Waals surface area contributed by atoms with E-state index in [0.717, 1.165) is 26.4 Å². The first kappa shape index (κ1) is 25.3. The van der Waals surface area contributed by atoms with Gasteiger partial charge in [0.1, 0.15) is 5.03 Å². The summed E-state index contributed by atoms with van der Waals surface area (Å²) >= 11 is 5.07. The van der Waals surface area contributed by atoms with Crippen LogP contribution in [0.15, 0.2) is 26.3 Å². The lowest BCUT2D eigenvalue weighted by Crippen LogP contribution is -2.04. The third kappa shape index (κ3) is 6.46. The number of nitrogens with zero attached hydrogens (tertiary/aromatic N) is 4. The predicted octanol–water partition coefficient (Wildman–Crippen LogP) is 6.06. The second kappa shape index (κ2) is 13.5. The molecule has 3 aromatic heterocycles. The second-order valence-electron chi connectivity index (χ2n) is 4.50. The average Bonchev–Trinajstić information content (AvgIpc) is 3.19. The van der Waals surface area contributed by atoms with E-state index < -0.39 is 0 Å². The molecule has 2 N–H and O–H groups in total. The molecule has 0 amide bonds. The second-order valence-corrected chi connectivity index (χ2v) is 6.15. The monoisotopic (exact) mass is 455 g/mol. The molecule has 150 valence electrons. The number of aromatic nitrogens is 4. The van der Waals surface area contributed by atoms with Crippen molar-refractivity contribution in [1.29, 1.82) is 0 Å². The van der Waals surface area contributed by atoms with Gasteiger partial charge in [-0.25, -0.2) is 14.6 Å². The maximum absolute atomic E-state index is 6.17. The Kier molecular flexibility index (Phi) is 12.7. The van der Waals surface area contributed by atoms with Gasteiger partial charge in [-0.2, -0.15) is 0 Å². The lowest BCUT2D eigenvalue weighted by molar-refractivity contribution is 0.315. The molecule has 0 aromatic carbocycles. The minimum absolute atomic E-state index is 0.433. The lowest BCUT2D eigenvalue weighted by Gasteiger charge is -2.09. The fraction of sp³-hybridized carbons (Fsp3) is 0.474. The molecule has 0 radical (unpaired) electrons. The fourth-order valence-electron chi connectivity index (χ4n) is 2.10. The molecule has 0 aliphatic heterocycles. The van der Waals surface area contributed by atoms with Crippen molar-refractivity contribution in [3.8, 4) is 0 Å². The van der Waals surface area contributed by atoms with Gasteiger partial charge in [-0.1, -0.05) is 41.5 Å². The number of rotatable bonds is 3. The van der Waals surface area contributed by atoms with Gasteiger partial charge in [0.25, 0.3) is 0 Å². The van der Waals surface area contributed by atoms with E-state index in [2.05, 4.69) is 36.2 Å². The number of hydrogen-bond donors (Lipinski definition) is 1. The van der Waals surface area contributed by atoms with E-state index in [1.54, 1.807) is 11.8 Å². The molecule has 0 saturated carbocycles. The predicted molar refractivity (Wildman–Crippen MR) is 119 cm³/mol. The fourth-order valence-corrected chi connectivity index (χ4v) is 3.28. The first-order valence-corrected chi connectivity index (χ1v) is 11.2. The molecule has 0 bridgehead atoms. The summed E-state index contributed by atoms with van der Waals surface area (Å²) in [4.78, 5) is 8.97. The standard InChI is InChI=1S/C13H12BrN5OS.3C2H6/c1-6-8(10(15)11-12(16-6)19-20-18-11)5-7-3-4-9(14)13(17-7)21-2;3*1-2/h3-4H,5,15H2,1-2H3;3*1-2H3. The van der Waals surface area contributed by atoms with Crippen molar-refractivity contribution in [3.05, 3.63) is 33.6 Å². The van der Waals surface area contributed by atoms with Crippen LogP contribution in [-0.4, -0.2) is 26.5 Å². The van der Waals surface area contributed by atoms with Crippen molar-refractivity contribution in [1.82, 2.24) is 20.3 Å². The number of nitrogen functional groups attached to an aromatic ring is 1. The van der Waals surface area contributed by atoms with Crippen LogP contribution in [0.3, 0.4) is 0 Å². The van der Waals surface area contributed by atoms with Gasteiger partial charge >= 0.3 is 0 Å². The van der Waals surface area contributed by atoms with Gasteiger partial charge in [0.05, 0.1) is 5.69 Å². The first-order valence-electron chi connectivity index (χ1n) is 9.16. The van der Waals surface area contributed by atoms with Crippen LogP contribution < -0.4 is 5.73 Å². The number of aryl methyl sites for hydroxylation is 1. The van der Waals surface area contributed by atoms with Crippen LogP contribution in [-0.2, 0) is 6.42 Å². The van der Waals surface area contributed by atoms with Crippen molar-refractivity contribution in [2.75, 3.05) is 12.0 Å². The first-order chi connectivity index (χ1) is 13.1. The number of thioether (sulfide) groups is 1. The van der Waals surface area contributed by atoms with Gasteiger partial charge in [0.15, 0.2) is 5.52 Å². The van der Waals surface area contributed by atoms with Gasteiger partial charge in [-0.3, -0.25) is 0 Å². The largest absolute Gasteiger partial charge is 0.396 e. The summed E-state index contributed by atoms with van der Waals surface area (Å²) in [5.41, 5.74) is 10.3. The lowest BCUT2D eigenvalue weighted by atomic mass is 10.1. The molecular weight excluding hydrogens is 426 g/mol. The van der Waals surface area contributed by atoms with E-state index >= 15 is 0 Å². The van der Waals surface area contributed by atoms with Crippen LogP contribution in [0.1, 0.15) is 58.5 Å². The minimum atomic E-state index is 0.433. The van der Waals surface area contributed by atoms with Crippen molar-refractivity contribution in [2.45, 2.75) is 59.9 Å². The molecule has 0 spiro atoms. The number of fused-ring (bicyclic) bond motifs is 1. The third-order valence-electron chi connectivity index (χ3n) is 3.18. The molecule has 0 aliphatic rings. The summed E-state index contributed by atoms with van der Waals surface area (Å²) in [7, 11) is 0. The van der Waals surface area contributed by atoms with Gasteiger partial charge in [0.2, 0.25) is 5.65 Å². The Morgan fingerprint density at radius 3 is 2.26 bits per heavy atom. The number of nitrogens with two attached hydrogens (primary N) is 1. The number of pyridine rings is 2. The van der Waals surface area contributed by atoms with Crippen LogP contribution in [0.2, 0.25) is 0 Å². The van der Waals surface area contributed by atoms with E-state index in [1.165, 1.54) is 0 Å². The molecule has 0 unspecified atom stereocenters. The Labute approximate surface area is 174 Å². The highest BCUT2D eigenvalue weighted by atomic mass is 79.9. The zero-order chi connectivity index (χ0) is 21.0. The minimum Gasteiger partial charge on any atom is -0.396 e. The Balaban J connectivity index is 0.00000103. The van der Waals surface area contributed by atoms with E-state index in [9.17, 15) is 0 Å². The zero-order valence-corrected chi connectivity index (χ0v) is 19.8. The Morgan fingerprint density at radius 2 is 1.67 bits per heavy atom. The smallest absolute Gasteiger partial charge is 0.226 e. The molecule has 3 aromatic rings. The summed E-state index contributed by atoms with van der Waals surface area (Å²) < 4.78 is 5.67. The normalized spacial score (nSPS) is 9.37. The molecule has 6 nitrogen and oxygen atoms in total. The Bertz CT molecular complexity index is 823. The van der Waals surface area contributed by atoms with E-state index in [1.807, 2.05) is 66.9 Å². The third-order valence-corrected chi connectivity index (χ3v) is 4.78. The van der Waals surface area contributed by atoms with Crippen molar-refractivity contribution >= 4 is 44.5 Å². The molecule has 0 fully saturated rings. The van der Waals surface area contributed by atoms with Gasteiger partial charge in [-0.05, 0) is 51.6 Å². The molecular formula is C19H30BrN5OS. The molecule has 0 saturated heterocycles. The number of halogens is 1. The van der Waals surface area contributed by atoms with Crippen LogP contribution in [0.4, 0.5) is 5.69 Å². The van der Waals surface area contributed by atoms with Crippen LogP contribution in [0.5, 0.6) is 0 Å². The van der Waals surface area contributed by atoms with Gasteiger partial charge in [0, 0.05) is 27.8 Å². The van der Waals surface area contributed by atoms with Crippen molar-refractivity contribution in [2.24, 2.45) is 0 Å². The molecule has 27 heavy (non-hydrogen) atoms. The van der Waals surface area contributed by atoms with Crippen molar-refractivity contribution in [3.63, 3.8) is 0 Å². The molecule has 0 atom stereocenters. The summed E-state index contributed by atoms with van der Waals surface area (Å²) in [6.45, 7) is 13.9. The maximum atomic E-state index is 6.17. The summed E-state index contributed by atoms with van der Waals surface area (Å²) in [5.74, 6) is 0. The SMILES string of the molecule is CC.CC.CC.CSc1nc(Cc2c(C)nc3nonc3c2N)ccc1Br. The van der Waals surface area contributed by atoms with E-state index in [-0.39, 0.29) is 0 Å². The summed E-state index contributed by atoms with van der Waals surface area (Å²) in [6.07, 6.45) is 2.58. The van der Waals surface area contributed by atoms with E-state index in [0.29, 0.717) is 23.3 Å². The highest BCUT2D eigenvalue weighted by molar-refractivity contribution is 9.10. The summed E-state index contributed by atoms with van der Waals surface area (Å²) in [6, 6.07) is 3.96. The zero-order valence-electron chi connectivity index (χ0n) is 17.4. The highest BCUT2D eigenvalue weighted by Gasteiger charge is 2.15.